The van der Waals surface area contributed by atoms with Gasteiger partial charge in [0.05, 0.1) is 17.3 Å². The molecule has 6 aliphatic rings. The molecule has 2 bridgehead atoms. The van der Waals surface area contributed by atoms with Gasteiger partial charge in [-0.25, -0.2) is 9.37 Å². The molecule has 0 radical (unpaired) electrons. The molecule has 8 unspecified atom stereocenters. The number of ketones is 1. The summed E-state index contributed by atoms with van der Waals surface area (Å²) in [7, 11) is 0. The van der Waals surface area contributed by atoms with E-state index in [0.717, 1.165) is 43.4 Å². The van der Waals surface area contributed by atoms with E-state index in [-0.39, 0.29) is 40.0 Å². The number of rotatable bonds is 6. The molecule has 3 saturated carbocycles. The van der Waals surface area contributed by atoms with Crippen molar-refractivity contribution in [1.29, 1.82) is 5.26 Å². The van der Waals surface area contributed by atoms with Gasteiger partial charge in [-0.1, -0.05) is 49.7 Å². The predicted octanol–water partition coefficient (Wildman–Crippen LogP) is 7.86. The van der Waals surface area contributed by atoms with Crippen LogP contribution in [0.3, 0.4) is 0 Å². The number of hydrogen-bond donors (Lipinski definition) is 2. The third kappa shape index (κ3) is 4.25. The quantitative estimate of drug-likeness (QED) is 0.242. The molecule has 6 aliphatic carbocycles. The molecule has 2 N–H and O–H groups in total. The highest BCUT2D eigenvalue weighted by atomic mass is 35.5. The first kappa shape index (κ1) is 32.1. The summed E-state index contributed by atoms with van der Waals surface area (Å²) in [4.78, 5) is 19.2. The second kappa shape index (κ2) is 10.8. The summed E-state index contributed by atoms with van der Waals surface area (Å²) in [5.74, 6) is -0.0794. The van der Waals surface area contributed by atoms with Gasteiger partial charge in [-0.3, -0.25) is 4.79 Å². The molecular weight excluding hydrogens is 619 g/mol. The van der Waals surface area contributed by atoms with Crippen molar-refractivity contribution in [2.45, 2.75) is 95.8 Å². The van der Waals surface area contributed by atoms with E-state index in [4.69, 9.17) is 11.6 Å². The number of carbonyl (C=O) groups is 1. The Morgan fingerprint density at radius 1 is 1.13 bits per heavy atom. The third-order valence-corrected chi connectivity index (χ3v) is 14.8. The van der Waals surface area contributed by atoms with E-state index >= 15 is 4.39 Å². The van der Waals surface area contributed by atoms with E-state index in [2.05, 4.69) is 43.1 Å². The minimum Gasteiger partial charge on any atom is -0.393 e. The lowest BCUT2D eigenvalue weighted by molar-refractivity contribution is -0.170. The number of fused-ring (bicyclic) bond motifs is 1. The zero-order valence-corrected chi connectivity index (χ0v) is 28.6. The zero-order valence-electron chi connectivity index (χ0n) is 27.0. The second-order valence-corrected chi connectivity index (χ2v) is 16.6. The molecule has 2 spiro atoms. The summed E-state index contributed by atoms with van der Waals surface area (Å²) in [5, 5.41) is 34.3. The number of Topliss-reactive ketones (excluding diaryl/α,β-unsaturated/α-hetero) is 1. The summed E-state index contributed by atoms with van der Waals surface area (Å²) < 4.78 is 15.0. The molecule has 3 fully saturated rings. The van der Waals surface area contributed by atoms with Crippen LogP contribution in [0, 0.1) is 64.5 Å². The molecule has 1 aromatic heterocycles. The normalized spacial score (nSPS) is 38.8. The van der Waals surface area contributed by atoms with Crippen LogP contribution in [0.25, 0.3) is 0 Å². The first-order chi connectivity index (χ1) is 21.7. The number of carbonyl (C=O) groups excluding carboxylic acids is 1. The average molecular weight is 661 g/mol. The number of halogens is 2. The zero-order chi connectivity index (χ0) is 32.9. The molecule has 242 valence electrons. The SMILES string of the molecule is Cc1cc(C)c(C#N)c(SCC2(O)CCC3C45C=CC6(C=C4C(=O)Cc4c(F)cccc4Cl)CC(O)CCC6(C)C5CCC32C)n1. The Morgan fingerprint density at radius 2 is 1.85 bits per heavy atom. The van der Waals surface area contributed by atoms with Crippen molar-refractivity contribution in [3.05, 3.63) is 81.3 Å². The Morgan fingerprint density at radius 3 is 2.59 bits per heavy atom. The van der Waals surface area contributed by atoms with Crippen LogP contribution in [0.2, 0.25) is 5.02 Å². The lowest BCUT2D eigenvalue weighted by Gasteiger charge is -2.71. The minimum absolute atomic E-state index is 0.0171. The number of aliphatic hydroxyl groups is 2. The Balaban J connectivity index is 1.31. The van der Waals surface area contributed by atoms with Crippen molar-refractivity contribution in [1.82, 2.24) is 4.98 Å². The molecule has 46 heavy (non-hydrogen) atoms. The number of nitrogens with zero attached hydrogens (tertiary/aromatic N) is 2. The summed E-state index contributed by atoms with van der Waals surface area (Å²) in [6.45, 7) is 8.39. The monoisotopic (exact) mass is 660 g/mol. The first-order valence-corrected chi connectivity index (χ1v) is 17.9. The maximum absolute atomic E-state index is 15.0. The lowest BCUT2D eigenvalue weighted by Crippen LogP contribution is -2.67. The van der Waals surface area contributed by atoms with Crippen molar-refractivity contribution in [2.24, 2.45) is 33.5 Å². The smallest absolute Gasteiger partial charge is 0.164 e. The van der Waals surface area contributed by atoms with Gasteiger partial charge >= 0.3 is 0 Å². The molecule has 8 rings (SSSR count). The Labute approximate surface area is 280 Å². The molecule has 1 heterocycles. The molecule has 5 nitrogen and oxygen atoms in total. The van der Waals surface area contributed by atoms with E-state index in [1.165, 1.54) is 17.8 Å². The average Bonchev–Trinajstić information content (AvgIpc) is 3.28. The number of aryl methyl sites for hydroxylation is 2. The fourth-order valence-electron chi connectivity index (χ4n) is 10.8. The van der Waals surface area contributed by atoms with E-state index in [1.807, 2.05) is 19.9 Å². The van der Waals surface area contributed by atoms with E-state index < -0.39 is 33.8 Å². The molecule has 2 aromatic rings. The number of hydrogen-bond acceptors (Lipinski definition) is 6. The van der Waals surface area contributed by atoms with Crippen molar-refractivity contribution in [3.63, 3.8) is 0 Å². The summed E-state index contributed by atoms with van der Waals surface area (Å²) >= 11 is 7.89. The van der Waals surface area contributed by atoms with Gasteiger partial charge in [0.15, 0.2) is 5.78 Å². The summed E-state index contributed by atoms with van der Waals surface area (Å²) in [6, 6.07) is 8.74. The number of allylic oxidation sites excluding steroid dienone is 4. The summed E-state index contributed by atoms with van der Waals surface area (Å²) in [6.07, 6.45) is 11.3. The Kier molecular flexibility index (Phi) is 7.50. The molecule has 0 amide bonds. The molecule has 0 saturated heterocycles. The summed E-state index contributed by atoms with van der Waals surface area (Å²) in [5.41, 5.74) is 0.417. The second-order valence-electron chi connectivity index (χ2n) is 15.3. The largest absolute Gasteiger partial charge is 0.393 e. The van der Waals surface area contributed by atoms with E-state index in [0.29, 0.717) is 34.8 Å². The van der Waals surface area contributed by atoms with Gasteiger partial charge in [-0.05, 0) is 99.8 Å². The number of nitriles is 1. The number of benzene rings is 1. The highest BCUT2D eigenvalue weighted by Crippen LogP contribution is 2.78. The minimum atomic E-state index is -1.04. The number of aromatic nitrogens is 1. The number of aliphatic hydroxyl groups excluding tert-OH is 1. The fraction of sp³-hybridized carbons (Fsp3) is 0.553. The van der Waals surface area contributed by atoms with Crippen LogP contribution in [0.15, 0.2) is 53.1 Å². The van der Waals surface area contributed by atoms with Crippen molar-refractivity contribution >= 4 is 29.1 Å². The van der Waals surface area contributed by atoms with E-state index in [9.17, 15) is 20.3 Å². The molecule has 8 heteroatoms. The van der Waals surface area contributed by atoms with Crippen LogP contribution in [0.4, 0.5) is 4.39 Å². The fourth-order valence-corrected chi connectivity index (χ4v) is 12.5. The highest BCUT2D eigenvalue weighted by molar-refractivity contribution is 7.99. The van der Waals surface area contributed by atoms with Gasteiger partial charge in [0, 0.05) is 50.3 Å². The van der Waals surface area contributed by atoms with Crippen LogP contribution in [0.5, 0.6) is 0 Å². The topological polar surface area (TPSA) is 94.2 Å². The van der Waals surface area contributed by atoms with Crippen LogP contribution in [-0.4, -0.2) is 38.4 Å². The third-order valence-electron chi connectivity index (χ3n) is 13.3. The standard InChI is InChI=1S/C38H42ClFN2O3S/c1-22-16-23(2)42-33(26(22)20-41)46-21-37(45)13-10-32-35(37,4)12-9-31-34(3)11-8-24(43)18-36(34)14-15-38(31,32)27(19-36)30(44)17-25-28(39)6-5-7-29(25)40/h5-7,14-16,19,24,31-32,43,45H,8-13,17-18,21H2,1-4H3. The predicted molar refractivity (Wildman–Crippen MR) is 178 cm³/mol. The van der Waals surface area contributed by atoms with Crippen LogP contribution >= 0.6 is 23.4 Å². The van der Waals surface area contributed by atoms with Crippen molar-refractivity contribution in [2.75, 3.05) is 5.75 Å². The van der Waals surface area contributed by atoms with Gasteiger partial charge in [0.1, 0.15) is 16.9 Å². The van der Waals surface area contributed by atoms with Gasteiger partial charge in [-0.2, -0.15) is 5.26 Å². The molecular formula is C38H42ClFN2O3S. The van der Waals surface area contributed by atoms with Gasteiger partial charge < -0.3 is 10.2 Å². The van der Waals surface area contributed by atoms with Crippen molar-refractivity contribution in [3.8, 4) is 6.07 Å². The lowest BCUT2D eigenvalue weighted by atomic mass is 9.32. The number of thioether (sulfide) groups is 1. The first-order valence-electron chi connectivity index (χ1n) is 16.5. The van der Waals surface area contributed by atoms with E-state index in [1.54, 1.807) is 12.1 Å². The van der Waals surface area contributed by atoms with Gasteiger partial charge in [0.25, 0.3) is 0 Å². The van der Waals surface area contributed by atoms with Crippen molar-refractivity contribution < 1.29 is 19.4 Å². The Hall–Kier alpha value is -2.50. The maximum atomic E-state index is 15.0. The van der Waals surface area contributed by atoms with Crippen LogP contribution in [-0.2, 0) is 11.2 Å². The number of pyridine rings is 1. The van der Waals surface area contributed by atoms with Crippen LogP contribution < -0.4 is 0 Å². The van der Waals surface area contributed by atoms with Gasteiger partial charge in [0.2, 0.25) is 0 Å². The Bertz CT molecular complexity index is 1730. The highest BCUT2D eigenvalue weighted by Gasteiger charge is 2.74. The van der Waals surface area contributed by atoms with Crippen LogP contribution in [0.1, 0.15) is 81.2 Å². The molecule has 8 atom stereocenters. The maximum Gasteiger partial charge on any atom is 0.164 e. The van der Waals surface area contributed by atoms with Gasteiger partial charge in [-0.15, -0.1) is 11.8 Å². The molecule has 0 aliphatic heterocycles. The molecule has 1 aromatic carbocycles.